The predicted octanol–water partition coefficient (Wildman–Crippen LogP) is 4.75. The average Bonchev–Trinajstić information content (AvgIpc) is 3.44. The number of nitrogens with zero attached hydrogens (tertiary/aromatic N) is 3. The molecule has 6 nitrogen and oxygen atoms in total. The van der Waals surface area contributed by atoms with E-state index in [4.69, 9.17) is 4.98 Å². The molecule has 1 aromatic heterocycles. The van der Waals surface area contributed by atoms with E-state index in [9.17, 15) is 18.0 Å². The molecule has 3 atom stereocenters. The fourth-order valence-corrected chi connectivity index (χ4v) is 5.19. The van der Waals surface area contributed by atoms with E-state index in [1.807, 2.05) is 59.2 Å². The molecule has 3 aromatic carbocycles. The molecule has 0 bridgehead atoms. The van der Waals surface area contributed by atoms with Gasteiger partial charge >= 0.3 is 6.18 Å². The SMILES string of the molecule is CC1=C(c2nc3ccccc3n2-c2ccccc2)C(=O)N2NC(C(F)(F)F)C(c3ccccc3)C2N1. The van der Waals surface area contributed by atoms with Gasteiger partial charge in [-0.3, -0.25) is 9.36 Å². The number of imidazole rings is 1. The Kier molecular flexibility index (Phi) is 5.11. The summed E-state index contributed by atoms with van der Waals surface area (Å²) >= 11 is 0. The van der Waals surface area contributed by atoms with Crippen molar-refractivity contribution >= 4 is 22.5 Å². The molecule has 0 radical (unpaired) electrons. The number of carbonyl (C=O) groups is 1. The van der Waals surface area contributed by atoms with Crippen LogP contribution in [0.15, 0.2) is 90.6 Å². The first-order valence-corrected chi connectivity index (χ1v) is 11.6. The number of allylic oxidation sites excluding steroid dienone is 1. The minimum absolute atomic E-state index is 0.216. The maximum absolute atomic E-state index is 14.1. The number of fused-ring (bicyclic) bond motifs is 2. The van der Waals surface area contributed by atoms with E-state index in [1.54, 1.807) is 37.3 Å². The van der Waals surface area contributed by atoms with E-state index in [-0.39, 0.29) is 5.57 Å². The molecule has 1 amide bonds. The second-order valence-electron chi connectivity index (χ2n) is 8.94. The van der Waals surface area contributed by atoms with Crippen molar-refractivity contribution in [2.75, 3.05) is 0 Å². The summed E-state index contributed by atoms with van der Waals surface area (Å²) in [4.78, 5) is 18.6. The van der Waals surface area contributed by atoms with E-state index in [0.29, 0.717) is 22.6 Å². The number of hydrazine groups is 1. The summed E-state index contributed by atoms with van der Waals surface area (Å²) in [5.74, 6) is -1.22. The Bertz CT molecular complexity index is 1480. The molecule has 1 saturated heterocycles. The molecule has 1 fully saturated rings. The summed E-state index contributed by atoms with van der Waals surface area (Å²) in [5.41, 5.74) is 5.91. The van der Waals surface area contributed by atoms with Crippen LogP contribution >= 0.6 is 0 Å². The van der Waals surface area contributed by atoms with Crippen LogP contribution in [0.4, 0.5) is 13.2 Å². The summed E-state index contributed by atoms with van der Waals surface area (Å²) in [6.45, 7) is 1.71. The van der Waals surface area contributed by atoms with Gasteiger partial charge in [0.25, 0.3) is 5.91 Å². The lowest BCUT2D eigenvalue weighted by molar-refractivity contribution is -0.161. The number of rotatable bonds is 3. The Hall–Kier alpha value is -4.11. The third-order valence-corrected chi connectivity index (χ3v) is 6.76. The number of hydrogen-bond donors (Lipinski definition) is 2. The Labute approximate surface area is 205 Å². The van der Waals surface area contributed by atoms with Crippen molar-refractivity contribution < 1.29 is 18.0 Å². The molecule has 0 spiro atoms. The molecule has 3 heterocycles. The van der Waals surface area contributed by atoms with Gasteiger partial charge in [0.15, 0.2) is 5.82 Å². The maximum atomic E-state index is 14.1. The summed E-state index contributed by atoms with van der Waals surface area (Å²) in [6, 6.07) is 23.5. The molecule has 182 valence electrons. The van der Waals surface area contributed by atoms with Crippen molar-refractivity contribution in [2.24, 2.45) is 0 Å². The van der Waals surface area contributed by atoms with Crippen molar-refractivity contribution in [3.05, 3.63) is 102 Å². The molecular weight excluding hydrogens is 467 g/mol. The number of amides is 1. The molecule has 2 aliphatic heterocycles. The van der Waals surface area contributed by atoms with Crippen LogP contribution < -0.4 is 10.7 Å². The highest BCUT2D eigenvalue weighted by Crippen LogP contribution is 2.42. The number of aromatic nitrogens is 2. The molecule has 2 aliphatic rings. The zero-order chi connectivity index (χ0) is 25.0. The third kappa shape index (κ3) is 3.46. The first kappa shape index (κ1) is 22.4. The topological polar surface area (TPSA) is 62.2 Å². The van der Waals surface area contributed by atoms with Gasteiger partial charge in [-0.15, -0.1) is 0 Å². The second kappa shape index (κ2) is 8.23. The smallest absolute Gasteiger partial charge is 0.366 e. The first-order chi connectivity index (χ1) is 17.3. The van der Waals surface area contributed by atoms with Gasteiger partial charge in [0.05, 0.1) is 17.0 Å². The van der Waals surface area contributed by atoms with Crippen molar-refractivity contribution in [3.63, 3.8) is 0 Å². The van der Waals surface area contributed by atoms with Gasteiger partial charge in [-0.2, -0.15) is 13.2 Å². The molecule has 6 rings (SSSR count). The van der Waals surface area contributed by atoms with Crippen molar-refractivity contribution in [1.29, 1.82) is 0 Å². The number of nitrogens with one attached hydrogen (secondary N) is 2. The van der Waals surface area contributed by atoms with Crippen LogP contribution in [0.2, 0.25) is 0 Å². The minimum Gasteiger partial charge on any atom is -0.366 e. The summed E-state index contributed by atoms with van der Waals surface area (Å²) in [5, 5.41) is 4.28. The molecule has 36 heavy (non-hydrogen) atoms. The number of benzene rings is 3. The van der Waals surface area contributed by atoms with Crippen molar-refractivity contribution in [2.45, 2.75) is 31.2 Å². The Balaban J connectivity index is 1.50. The summed E-state index contributed by atoms with van der Waals surface area (Å²) in [6.07, 6.45) is -5.48. The Morgan fingerprint density at radius 1 is 0.889 bits per heavy atom. The van der Waals surface area contributed by atoms with E-state index in [2.05, 4.69) is 10.7 Å². The fraction of sp³-hybridized carbons (Fsp3) is 0.185. The normalized spacial score (nSPS) is 22.2. The van der Waals surface area contributed by atoms with Crippen molar-refractivity contribution in [1.82, 2.24) is 25.3 Å². The van der Waals surface area contributed by atoms with Gasteiger partial charge in [-0.1, -0.05) is 60.7 Å². The monoisotopic (exact) mass is 489 g/mol. The quantitative estimate of drug-likeness (QED) is 0.436. The van der Waals surface area contributed by atoms with Crippen LogP contribution in [0.3, 0.4) is 0 Å². The summed E-state index contributed by atoms with van der Waals surface area (Å²) in [7, 11) is 0. The Morgan fingerprint density at radius 2 is 1.53 bits per heavy atom. The second-order valence-corrected chi connectivity index (χ2v) is 8.94. The lowest BCUT2D eigenvalue weighted by atomic mass is 9.89. The van der Waals surface area contributed by atoms with Gasteiger partial charge in [0, 0.05) is 11.4 Å². The fourth-order valence-electron chi connectivity index (χ4n) is 5.19. The first-order valence-electron chi connectivity index (χ1n) is 11.6. The van der Waals surface area contributed by atoms with Gasteiger partial charge in [-0.05, 0) is 36.8 Å². The van der Waals surface area contributed by atoms with Gasteiger partial charge < -0.3 is 5.32 Å². The highest BCUT2D eigenvalue weighted by atomic mass is 19.4. The lowest BCUT2D eigenvalue weighted by Gasteiger charge is -2.35. The zero-order valence-electron chi connectivity index (χ0n) is 19.2. The van der Waals surface area contributed by atoms with E-state index < -0.39 is 30.2 Å². The highest BCUT2D eigenvalue weighted by molar-refractivity contribution is 6.20. The molecule has 0 aliphatic carbocycles. The van der Waals surface area contributed by atoms with Gasteiger partial charge in [-0.25, -0.2) is 15.4 Å². The van der Waals surface area contributed by atoms with Crippen molar-refractivity contribution in [3.8, 4) is 5.69 Å². The number of hydrogen-bond acceptors (Lipinski definition) is 4. The maximum Gasteiger partial charge on any atom is 0.406 e. The number of alkyl halides is 3. The van der Waals surface area contributed by atoms with Crippen LogP contribution in [0.5, 0.6) is 0 Å². The molecule has 9 heteroatoms. The molecule has 2 N–H and O–H groups in total. The standard InChI is InChI=1S/C27H22F3N5O/c1-16-21(24-32-19-14-8-9-15-20(19)34(24)18-12-6-3-7-13-18)26(36)35-25(31-16)22(17-10-4-2-5-11-17)23(33-35)27(28,29)30/h2-15,22-23,25,31,33H,1H3. The molecule has 0 saturated carbocycles. The van der Waals surface area contributed by atoms with Gasteiger partial charge in [0.1, 0.15) is 17.8 Å². The lowest BCUT2D eigenvalue weighted by Crippen LogP contribution is -2.54. The molecular formula is C27H22F3N5O. The van der Waals surface area contributed by atoms with Gasteiger partial charge in [0.2, 0.25) is 0 Å². The number of para-hydroxylation sites is 3. The number of carbonyl (C=O) groups excluding carboxylic acids is 1. The predicted molar refractivity (Wildman–Crippen MR) is 130 cm³/mol. The number of halogens is 3. The Morgan fingerprint density at radius 3 is 2.22 bits per heavy atom. The third-order valence-electron chi connectivity index (χ3n) is 6.76. The average molecular weight is 490 g/mol. The minimum atomic E-state index is -4.56. The van der Waals surface area contributed by atoms with Crippen LogP contribution in [0.25, 0.3) is 22.3 Å². The zero-order valence-corrected chi connectivity index (χ0v) is 19.2. The summed E-state index contributed by atoms with van der Waals surface area (Å²) < 4.78 is 44.3. The van der Waals surface area contributed by atoms with Crippen LogP contribution in [0.1, 0.15) is 24.2 Å². The van der Waals surface area contributed by atoms with Crippen LogP contribution in [-0.2, 0) is 4.79 Å². The largest absolute Gasteiger partial charge is 0.406 e. The molecule has 4 aromatic rings. The van der Waals surface area contributed by atoms with E-state index >= 15 is 0 Å². The molecule has 3 unspecified atom stereocenters. The van der Waals surface area contributed by atoms with E-state index in [0.717, 1.165) is 16.2 Å². The van der Waals surface area contributed by atoms with E-state index in [1.165, 1.54) is 0 Å². The highest BCUT2D eigenvalue weighted by Gasteiger charge is 2.58. The van der Waals surface area contributed by atoms with Crippen LogP contribution in [0, 0.1) is 0 Å². The van der Waals surface area contributed by atoms with Crippen LogP contribution in [-0.4, -0.2) is 38.9 Å².